The molecule has 24 heavy (non-hydrogen) atoms. The Kier molecular flexibility index (Phi) is 4.23. The van der Waals surface area contributed by atoms with Gasteiger partial charge in [0, 0.05) is 28.8 Å². The quantitative estimate of drug-likeness (QED) is 0.407. The Hall–Kier alpha value is -2.48. The molecule has 124 valence electrons. The molecule has 0 aliphatic rings. The van der Waals surface area contributed by atoms with E-state index in [4.69, 9.17) is 0 Å². The Morgan fingerprint density at radius 1 is 1.25 bits per heavy atom. The summed E-state index contributed by atoms with van der Waals surface area (Å²) in [4.78, 5) is 19.5. The third kappa shape index (κ3) is 2.96. The molecule has 0 radical (unpaired) electrons. The van der Waals surface area contributed by atoms with Gasteiger partial charge in [0.05, 0.1) is 4.92 Å². The van der Waals surface area contributed by atoms with Gasteiger partial charge in [-0.2, -0.15) is 4.98 Å². The molecule has 3 rings (SSSR count). The van der Waals surface area contributed by atoms with Gasteiger partial charge < -0.3 is 0 Å². The molecule has 0 N–H and O–H groups in total. The second-order valence-corrected chi connectivity index (χ2v) is 6.93. The summed E-state index contributed by atoms with van der Waals surface area (Å²) < 4.78 is 1.74. The van der Waals surface area contributed by atoms with Crippen molar-refractivity contribution >= 4 is 23.2 Å². The van der Waals surface area contributed by atoms with Gasteiger partial charge >= 0.3 is 0 Å². The summed E-state index contributed by atoms with van der Waals surface area (Å²) in [5, 5.41) is 16.0. The number of nitro groups is 1. The predicted molar refractivity (Wildman–Crippen MR) is 92.4 cm³/mol. The molecular formula is C16H17N5O2S. The van der Waals surface area contributed by atoms with E-state index in [1.807, 2.05) is 33.8 Å². The number of nitrogens with zero attached hydrogens (tertiary/aromatic N) is 5. The Labute approximate surface area is 143 Å². The lowest BCUT2D eigenvalue weighted by Gasteiger charge is -2.08. The second kappa shape index (κ2) is 6.20. The number of rotatable bonds is 4. The maximum Gasteiger partial charge on any atom is 0.269 e. The minimum atomic E-state index is -0.386. The molecule has 0 bridgehead atoms. The van der Waals surface area contributed by atoms with Gasteiger partial charge in [0.2, 0.25) is 5.16 Å². The van der Waals surface area contributed by atoms with Crippen LogP contribution in [-0.4, -0.2) is 24.5 Å². The molecule has 0 aliphatic carbocycles. The minimum absolute atomic E-state index is 0.00943. The van der Waals surface area contributed by atoms with Gasteiger partial charge in [-0.05, 0) is 38.8 Å². The molecule has 0 unspecified atom stereocenters. The number of hydrogen-bond donors (Lipinski definition) is 0. The van der Waals surface area contributed by atoms with E-state index in [2.05, 4.69) is 15.1 Å². The zero-order valence-electron chi connectivity index (χ0n) is 13.8. The van der Waals surface area contributed by atoms with E-state index >= 15 is 0 Å². The first-order valence-electron chi connectivity index (χ1n) is 7.48. The Bertz CT molecular complexity index is 938. The van der Waals surface area contributed by atoms with Crippen LogP contribution >= 0.6 is 11.8 Å². The lowest BCUT2D eigenvalue weighted by molar-refractivity contribution is -0.384. The average molecular weight is 343 g/mol. The second-order valence-electron chi connectivity index (χ2n) is 5.63. The van der Waals surface area contributed by atoms with Gasteiger partial charge in [-0.25, -0.2) is 9.50 Å². The highest BCUT2D eigenvalue weighted by Crippen LogP contribution is 2.34. The number of fused-ring (bicyclic) bond motifs is 1. The monoisotopic (exact) mass is 343 g/mol. The first kappa shape index (κ1) is 16.4. The first-order chi connectivity index (χ1) is 11.4. The van der Waals surface area contributed by atoms with E-state index in [1.54, 1.807) is 16.6 Å². The van der Waals surface area contributed by atoms with Gasteiger partial charge in [-0.1, -0.05) is 23.9 Å². The third-order valence-corrected chi connectivity index (χ3v) is 5.08. The van der Waals surface area contributed by atoms with Gasteiger partial charge in [0.15, 0.2) is 0 Å². The Balaban J connectivity index is 1.91. The van der Waals surface area contributed by atoms with Crippen LogP contribution in [0.2, 0.25) is 0 Å². The Morgan fingerprint density at radius 3 is 2.71 bits per heavy atom. The topological polar surface area (TPSA) is 86.2 Å². The normalized spacial score (nSPS) is 12.5. The summed E-state index contributed by atoms with van der Waals surface area (Å²) in [7, 11) is 0. The number of aryl methyl sites for hydroxylation is 2. The highest BCUT2D eigenvalue weighted by Gasteiger charge is 2.16. The van der Waals surface area contributed by atoms with Crippen molar-refractivity contribution in [2.75, 3.05) is 0 Å². The van der Waals surface area contributed by atoms with E-state index in [0.29, 0.717) is 10.9 Å². The summed E-state index contributed by atoms with van der Waals surface area (Å²) in [6, 6.07) is 6.65. The van der Waals surface area contributed by atoms with Crippen molar-refractivity contribution in [3.05, 3.63) is 56.9 Å². The van der Waals surface area contributed by atoms with Crippen LogP contribution in [0.25, 0.3) is 5.78 Å². The smallest absolute Gasteiger partial charge is 0.258 e. The highest BCUT2D eigenvalue weighted by molar-refractivity contribution is 7.99. The fourth-order valence-corrected chi connectivity index (χ4v) is 3.27. The summed E-state index contributed by atoms with van der Waals surface area (Å²) in [6.45, 7) is 7.93. The van der Waals surface area contributed by atoms with Crippen molar-refractivity contribution < 1.29 is 4.92 Å². The van der Waals surface area contributed by atoms with Crippen molar-refractivity contribution in [2.24, 2.45) is 0 Å². The molecule has 0 saturated heterocycles. The number of aromatic nitrogens is 4. The molecule has 0 aliphatic heterocycles. The van der Waals surface area contributed by atoms with Gasteiger partial charge in [-0.15, -0.1) is 5.10 Å². The maximum absolute atomic E-state index is 10.9. The van der Waals surface area contributed by atoms with Gasteiger partial charge in [0.1, 0.15) is 0 Å². The fourth-order valence-electron chi connectivity index (χ4n) is 2.40. The molecule has 1 aromatic carbocycles. The van der Waals surface area contributed by atoms with Crippen molar-refractivity contribution in [2.45, 2.75) is 38.1 Å². The largest absolute Gasteiger partial charge is 0.269 e. The first-order valence-corrected chi connectivity index (χ1v) is 8.36. The summed E-state index contributed by atoms with van der Waals surface area (Å²) >= 11 is 1.46. The van der Waals surface area contributed by atoms with Crippen LogP contribution in [0.4, 0.5) is 5.69 Å². The molecule has 7 nitrogen and oxygen atoms in total. The van der Waals surface area contributed by atoms with E-state index in [9.17, 15) is 10.1 Å². The van der Waals surface area contributed by atoms with Gasteiger partial charge in [-0.3, -0.25) is 10.1 Å². The lowest BCUT2D eigenvalue weighted by Crippen LogP contribution is -2.02. The van der Waals surface area contributed by atoms with Crippen LogP contribution < -0.4 is 0 Å². The van der Waals surface area contributed by atoms with E-state index in [1.165, 1.54) is 17.8 Å². The van der Waals surface area contributed by atoms with E-state index in [-0.39, 0.29) is 15.9 Å². The molecular weight excluding hydrogens is 326 g/mol. The Morgan fingerprint density at radius 2 is 2.00 bits per heavy atom. The summed E-state index contributed by atoms with van der Waals surface area (Å²) in [5.74, 6) is 0.573. The van der Waals surface area contributed by atoms with Crippen LogP contribution in [0, 0.1) is 30.9 Å². The molecule has 1 atom stereocenters. The molecule has 0 amide bonds. The summed E-state index contributed by atoms with van der Waals surface area (Å²) in [5.41, 5.74) is 4.00. The lowest BCUT2D eigenvalue weighted by atomic mass is 10.1. The van der Waals surface area contributed by atoms with E-state index in [0.717, 1.165) is 22.5 Å². The van der Waals surface area contributed by atoms with Crippen molar-refractivity contribution in [1.29, 1.82) is 0 Å². The number of nitro benzene ring substituents is 1. The van der Waals surface area contributed by atoms with Gasteiger partial charge in [0.25, 0.3) is 11.5 Å². The van der Waals surface area contributed by atoms with Crippen LogP contribution in [0.3, 0.4) is 0 Å². The standard InChI is InChI=1S/C16H17N5O2S/c1-9-10(2)17-15-18-16(19-20(15)11(9)3)24-12(4)13-6-5-7-14(8-13)21(22)23/h5-8,12H,1-4H3/t12-/m1/s1. The molecule has 2 aromatic heterocycles. The van der Waals surface area contributed by atoms with E-state index < -0.39 is 0 Å². The predicted octanol–water partition coefficient (Wildman–Crippen LogP) is 3.81. The zero-order valence-corrected chi connectivity index (χ0v) is 14.7. The molecule has 8 heteroatoms. The molecule has 0 fully saturated rings. The summed E-state index contributed by atoms with van der Waals surface area (Å²) in [6.07, 6.45) is 0. The fraction of sp³-hybridized carbons (Fsp3) is 0.312. The third-order valence-electron chi connectivity index (χ3n) is 4.07. The number of non-ortho nitro benzene ring substituents is 1. The SMILES string of the molecule is Cc1nc2nc(S[C@H](C)c3cccc([N+](=O)[O-])c3)nn2c(C)c1C. The van der Waals surface area contributed by atoms with Crippen LogP contribution in [0.1, 0.15) is 34.7 Å². The highest BCUT2D eigenvalue weighted by atomic mass is 32.2. The van der Waals surface area contributed by atoms with Crippen molar-refractivity contribution in [1.82, 2.24) is 19.6 Å². The maximum atomic E-state index is 10.9. The number of hydrogen-bond acceptors (Lipinski definition) is 6. The van der Waals surface area contributed by atoms with Crippen LogP contribution in [0.5, 0.6) is 0 Å². The molecule has 3 aromatic rings. The average Bonchev–Trinajstić information content (AvgIpc) is 2.95. The molecule has 2 heterocycles. The molecule has 0 spiro atoms. The van der Waals surface area contributed by atoms with Crippen LogP contribution in [0.15, 0.2) is 29.4 Å². The van der Waals surface area contributed by atoms with Crippen LogP contribution in [-0.2, 0) is 0 Å². The van der Waals surface area contributed by atoms with Crippen molar-refractivity contribution in [3.63, 3.8) is 0 Å². The molecule has 0 saturated carbocycles. The number of thioether (sulfide) groups is 1. The van der Waals surface area contributed by atoms with Crippen molar-refractivity contribution in [3.8, 4) is 0 Å². The minimum Gasteiger partial charge on any atom is -0.258 e. The number of benzene rings is 1. The zero-order chi connectivity index (χ0) is 17.4.